The highest BCUT2D eigenvalue weighted by Gasteiger charge is 2.29. The Balaban J connectivity index is 2.04. The summed E-state index contributed by atoms with van der Waals surface area (Å²) in [5.41, 5.74) is 1.11. The Morgan fingerprint density at radius 3 is 2.23 bits per heavy atom. The fourth-order valence-corrected chi connectivity index (χ4v) is 4.47. The third kappa shape index (κ3) is 4.78. The molecule has 1 N–H and O–H groups in total. The van der Waals surface area contributed by atoms with Crippen molar-refractivity contribution in [1.29, 1.82) is 0 Å². The lowest BCUT2D eigenvalue weighted by molar-refractivity contribution is 0.244. The summed E-state index contributed by atoms with van der Waals surface area (Å²) in [6, 6.07) is 9.85. The highest BCUT2D eigenvalue weighted by Crippen LogP contribution is 2.17. The zero-order valence-corrected chi connectivity index (χ0v) is 13.8. The average molecular weight is 326 g/mol. The summed E-state index contributed by atoms with van der Waals surface area (Å²) in [4.78, 5) is 0. The quantitative estimate of drug-likeness (QED) is 0.829. The number of benzene rings is 1. The molecule has 22 heavy (non-hydrogen) atoms. The molecule has 1 aromatic carbocycles. The van der Waals surface area contributed by atoms with E-state index in [0.717, 1.165) is 31.2 Å². The van der Waals surface area contributed by atoms with Crippen molar-refractivity contribution in [3.8, 4) is 0 Å². The van der Waals surface area contributed by atoms with Crippen LogP contribution in [-0.4, -0.2) is 54.9 Å². The molecule has 124 valence electrons. The monoisotopic (exact) mass is 326 g/mol. The van der Waals surface area contributed by atoms with E-state index in [1.807, 2.05) is 30.3 Å². The molecule has 0 amide bonds. The van der Waals surface area contributed by atoms with Crippen molar-refractivity contribution in [2.75, 3.05) is 32.8 Å². The SMILES string of the molecule is O=S(=O)(N1CCCCCC1)N(CCO)CCc1ccccc1. The highest BCUT2D eigenvalue weighted by atomic mass is 32.2. The smallest absolute Gasteiger partial charge is 0.282 e. The van der Waals surface area contributed by atoms with Gasteiger partial charge in [0.2, 0.25) is 0 Å². The van der Waals surface area contributed by atoms with Gasteiger partial charge in [0.15, 0.2) is 0 Å². The van der Waals surface area contributed by atoms with Gasteiger partial charge in [-0.15, -0.1) is 0 Å². The van der Waals surface area contributed by atoms with E-state index < -0.39 is 10.2 Å². The molecule has 2 rings (SSSR count). The minimum Gasteiger partial charge on any atom is -0.395 e. The van der Waals surface area contributed by atoms with Gasteiger partial charge in [-0.1, -0.05) is 43.2 Å². The van der Waals surface area contributed by atoms with Crippen LogP contribution in [0, 0.1) is 0 Å². The van der Waals surface area contributed by atoms with Crippen LogP contribution in [0.3, 0.4) is 0 Å². The van der Waals surface area contributed by atoms with Crippen LogP contribution in [0.2, 0.25) is 0 Å². The van der Waals surface area contributed by atoms with Crippen molar-refractivity contribution < 1.29 is 13.5 Å². The van der Waals surface area contributed by atoms with E-state index in [9.17, 15) is 13.5 Å². The predicted molar refractivity (Wildman–Crippen MR) is 87.8 cm³/mol. The molecule has 1 aliphatic rings. The Hall–Kier alpha value is -0.950. The summed E-state index contributed by atoms with van der Waals surface area (Å²) in [7, 11) is -3.47. The second-order valence-corrected chi connectivity index (χ2v) is 7.61. The van der Waals surface area contributed by atoms with Crippen LogP contribution in [0.1, 0.15) is 31.2 Å². The Morgan fingerprint density at radius 2 is 1.64 bits per heavy atom. The molecule has 0 aromatic heterocycles. The fraction of sp³-hybridized carbons (Fsp3) is 0.625. The van der Waals surface area contributed by atoms with Crippen LogP contribution in [0.4, 0.5) is 0 Å². The van der Waals surface area contributed by atoms with E-state index in [-0.39, 0.29) is 13.2 Å². The third-order valence-electron chi connectivity index (χ3n) is 4.06. The Bertz CT molecular complexity index is 526. The first-order valence-electron chi connectivity index (χ1n) is 8.04. The van der Waals surface area contributed by atoms with Gasteiger partial charge in [0, 0.05) is 26.2 Å². The summed E-state index contributed by atoms with van der Waals surface area (Å²) in [5, 5.41) is 9.23. The molecule has 5 nitrogen and oxygen atoms in total. The van der Waals surface area contributed by atoms with Gasteiger partial charge in [0.05, 0.1) is 6.61 Å². The van der Waals surface area contributed by atoms with Crippen LogP contribution in [-0.2, 0) is 16.6 Å². The van der Waals surface area contributed by atoms with E-state index in [1.54, 1.807) is 4.31 Å². The van der Waals surface area contributed by atoms with Crippen LogP contribution in [0.15, 0.2) is 30.3 Å². The number of aliphatic hydroxyl groups is 1. The molecule has 0 unspecified atom stereocenters. The predicted octanol–water partition coefficient (Wildman–Crippen LogP) is 1.64. The molecule has 6 heteroatoms. The molecule has 1 aromatic rings. The van der Waals surface area contributed by atoms with Crippen molar-refractivity contribution in [2.24, 2.45) is 0 Å². The first-order valence-corrected chi connectivity index (χ1v) is 9.44. The molecule has 1 heterocycles. The van der Waals surface area contributed by atoms with E-state index in [0.29, 0.717) is 26.1 Å². The standard InChI is InChI=1S/C16H26N2O3S/c19-15-14-18(13-10-16-8-4-3-5-9-16)22(20,21)17-11-6-1-2-7-12-17/h3-5,8-9,19H,1-2,6-7,10-15H2. The van der Waals surface area contributed by atoms with Crippen LogP contribution >= 0.6 is 0 Å². The van der Waals surface area contributed by atoms with Crippen molar-refractivity contribution in [2.45, 2.75) is 32.1 Å². The maximum atomic E-state index is 12.8. The minimum absolute atomic E-state index is 0.151. The first kappa shape index (κ1) is 17.4. The topological polar surface area (TPSA) is 60.9 Å². The summed E-state index contributed by atoms with van der Waals surface area (Å²) in [6.45, 7) is 1.60. The second kappa shape index (κ2) is 8.62. The van der Waals surface area contributed by atoms with Crippen molar-refractivity contribution in [1.82, 2.24) is 8.61 Å². The number of rotatable bonds is 7. The van der Waals surface area contributed by atoms with Gasteiger partial charge < -0.3 is 5.11 Å². The van der Waals surface area contributed by atoms with Gasteiger partial charge in [-0.25, -0.2) is 0 Å². The molecule has 0 saturated carbocycles. The summed E-state index contributed by atoms with van der Waals surface area (Å²) >= 11 is 0. The lowest BCUT2D eigenvalue weighted by atomic mass is 10.1. The Labute approximate surface area is 133 Å². The lowest BCUT2D eigenvalue weighted by Crippen LogP contribution is -2.46. The molecular weight excluding hydrogens is 300 g/mol. The Morgan fingerprint density at radius 1 is 1.00 bits per heavy atom. The largest absolute Gasteiger partial charge is 0.395 e. The van der Waals surface area contributed by atoms with Gasteiger partial charge in [-0.3, -0.25) is 0 Å². The molecule has 0 radical (unpaired) electrons. The molecule has 0 aliphatic carbocycles. The summed E-state index contributed by atoms with van der Waals surface area (Å²) in [6.07, 6.45) is 4.69. The van der Waals surface area contributed by atoms with Crippen LogP contribution in [0.5, 0.6) is 0 Å². The maximum Gasteiger partial charge on any atom is 0.282 e. The van der Waals surface area contributed by atoms with Gasteiger partial charge in [0.25, 0.3) is 10.2 Å². The van der Waals surface area contributed by atoms with Crippen molar-refractivity contribution >= 4 is 10.2 Å². The second-order valence-electron chi connectivity index (χ2n) is 5.68. The molecule has 0 atom stereocenters. The van der Waals surface area contributed by atoms with E-state index in [1.165, 1.54) is 4.31 Å². The average Bonchev–Trinajstić information content (AvgIpc) is 2.82. The number of aliphatic hydroxyl groups excluding tert-OH is 1. The summed E-state index contributed by atoms with van der Waals surface area (Å²) < 4.78 is 28.6. The normalized spacial score (nSPS) is 17.5. The van der Waals surface area contributed by atoms with Crippen LogP contribution in [0.25, 0.3) is 0 Å². The third-order valence-corrected chi connectivity index (χ3v) is 6.10. The number of hydrogen-bond donors (Lipinski definition) is 1. The number of hydrogen-bond acceptors (Lipinski definition) is 3. The molecular formula is C16H26N2O3S. The lowest BCUT2D eigenvalue weighted by Gasteiger charge is -2.28. The van der Waals surface area contributed by atoms with Gasteiger partial charge in [-0.2, -0.15) is 17.0 Å². The maximum absolute atomic E-state index is 12.8. The van der Waals surface area contributed by atoms with Crippen LogP contribution < -0.4 is 0 Å². The zero-order valence-electron chi connectivity index (χ0n) is 13.0. The van der Waals surface area contributed by atoms with Crippen molar-refractivity contribution in [3.63, 3.8) is 0 Å². The minimum atomic E-state index is -3.47. The molecule has 1 fully saturated rings. The Kier molecular flexibility index (Phi) is 6.82. The van der Waals surface area contributed by atoms with E-state index >= 15 is 0 Å². The molecule has 1 saturated heterocycles. The number of nitrogens with zero attached hydrogens (tertiary/aromatic N) is 2. The van der Waals surface area contributed by atoms with Gasteiger partial charge >= 0.3 is 0 Å². The fourth-order valence-electron chi connectivity index (χ4n) is 2.79. The van der Waals surface area contributed by atoms with Crippen molar-refractivity contribution in [3.05, 3.63) is 35.9 Å². The van der Waals surface area contributed by atoms with Gasteiger partial charge in [-0.05, 0) is 24.8 Å². The first-order chi connectivity index (χ1) is 10.6. The van der Waals surface area contributed by atoms with E-state index in [2.05, 4.69) is 0 Å². The zero-order chi connectivity index (χ0) is 15.8. The van der Waals surface area contributed by atoms with Gasteiger partial charge in [0.1, 0.15) is 0 Å². The molecule has 0 bridgehead atoms. The van der Waals surface area contributed by atoms with E-state index in [4.69, 9.17) is 0 Å². The molecule has 1 aliphatic heterocycles. The highest BCUT2D eigenvalue weighted by molar-refractivity contribution is 7.86. The molecule has 0 spiro atoms. The summed E-state index contributed by atoms with van der Waals surface area (Å²) in [5.74, 6) is 0.